The number of nitro benzene ring substituents is 1. The predicted octanol–water partition coefficient (Wildman–Crippen LogP) is 2.50. The molecule has 1 amide bonds. The number of hydrogen-bond donors (Lipinski definition) is 1. The van der Waals surface area contributed by atoms with Crippen LogP contribution < -0.4 is 4.90 Å². The van der Waals surface area contributed by atoms with Crippen LogP contribution in [-0.4, -0.2) is 52.8 Å². The number of aromatic hydroxyl groups is 1. The minimum atomic E-state index is -0.845. The Balaban J connectivity index is 2.06. The van der Waals surface area contributed by atoms with E-state index in [-0.39, 0.29) is 5.69 Å². The van der Waals surface area contributed by atoms with Crippen molar-refractivity contribution in [3.63, 3.8) is 0 Å². The second-order valence-electron chi connectivity index (χ2n) is 6.50. The molecule has 0 aliphatic carbocycles. The number of nitro groups is 1. The summed E-state index contributed by atoms with van der Waals surface area (Å²) >= 11 is 0. The smallest absolute Gasteiger partial charge is 0.410 e. The lowest BCUT2D eigenvalue weighted by molar-refractivity contribution is -0.386. The number of hydrogen-bond acceptors (Lipinski definition) is 6. The molecule has 0 saturated carbocycles. The van der Waals surface area contributed by atoms with E-state index in [0.29, 0.717) is 32.2 Å². The maximum Gasteiger partial charge on any atom is 0.410 e. The highest BCUT2D eigenvalue weighted by Crippen LogP contribution is 2.33. The number of halogens is 1. The molecule has 9 heteroatoms. The summed E-state index contributed by atoms with van der Waals surface area (Å²) in [6.07, 6.45) is -0.436. The van der Waals surface area contributed by atoms with Crippen LogP contribution in [-0.2, 0) is 4.74 Å². The highest BCUT2D eigenvalue weighted by molar-refractivity contribution is 5.69. The second kappa shape index (κ2) is 6.50. The fourth-order valence-electron chi connectivity index (χ4n) is 2.39. The topological polar surface area (TPSA) is 96.2 Å². The lowest BCUT2D eigenvalue weighted by Gasteiger charge is -2.36. The first-order valence-corrected chi connectivity index (χ1v) is 7.48. The summed E-state index contributed by atoms with van der Waals surface area (Å²) < 4.78 is 19.4. The molecular weight excluding hydrogens is 321 g/mol. The summed E-state index contributed by atoms with van der Waals surface area (Å²) in [6.45, 7) is 6.63. The van der Waals surface area contributed by atoms with E-state index < -0.39 is 33.9 Å². The zero-order valence-electron chi connectivity index (χ0n) is 13.8. The van der Waals surface area contributed by atoms with Gasteiger partial charge in [-0.2, -0.15) is 0 Å². The Morgan fingerprint density at radius 1 is 1.29 bits per heavy atom. The van der Waals surface area contributed by atoms with Gasteiger partial charge >= 0.3 is 11.8 Å². The van der Waals surface area contributed by atoms with Crippen LogP contribution in [0.1, 0.15) is 20.8 Å². The first-order chi connectivity index (χ1) is 11.1. The molecule has 1 aromatic rings. The van der Waals surface area contributed by atoms with Crippen molar-refractivity contribution in [3.8, 4) is 5.75 Å². The van der Waals surface area contributed by atoms with E-state index in [2.05, 4.69) is 0 Å². The van der Waals surface area contributed by atoms with Crippen LogP contribution in [0.3, 0.4) is 0 Å². The van der Waals surface area contributed by atoms with E-state index in [4.69, 9.17) is 4.74 Å². The molecular formula is C15H20FN3O5. The van der Waals surface area contributed by atoms with E-state index in [1.165, 1.54) is 4.90 Å². The quantitative estimate of drug-likeness (QED) is 0.656. The van der Waals surface area contributed by atoms with Gasteiger partial charge in [-0.1, -0.05) is 0 Å². The van der Waals surface area contributed by atoms with Gasteiger partial charge in [-0.3, -0.25) is 10.1 Å². The SMILES string of the molecule is CC(C)(C)OC(=O)N1CCN(c2cc(O)c([N+](=O)[O-])cc2F)CC1. The fraction of sp³-hybridized carbons (Fsp3) is 0.533. The van der Waals surface area contributed by atoms with Crippen molar-refractivity contribution < 1.29 is 24.0 Å². The normalized spacial score (nSPS) is 15.3. The molecule has 2 rings (SSSR count). The molecule has 1 heterocycles. The Kier molecular flexibility index (Phi) is 4.81. The van der Waals surface area contributed by atoms with Gasteiger partial charge in [-0.25, -0.2) is 9.18 Å². The summed E-state index contributed by atoms with van der Waals surface area (Å²) in [7, 11) is 0. The average molecular weight is 341 g/mol. The Morgan fingerprint density at radius 3 is 2.38 bits per heavy atom. The number of piperazine rings is 1. The first-order valence-electron chi connectivity index (χ1n) is 7.48. The standard InChI is InChI=1S/C15H20FN3O5/c1-15(2,3)24-14(21)18-6-4-17(5-7-18)11-9-13(20)12(19(22)23)8-10(11)16/h8-9,20H,4-7H2,1-3H3. The number of carbonyl (C=O) groups is 1. The molecule has 0 radical (unpaired) electrons. The monoisotopic (exact) mass is 341 g/mol. The first kappa shape index (κ1) is 17.8. The summed E-state index contributed by atoms with van der Waals surface area (Å²) in [4.78, 5) is 25.0. The van der Waals surface area contributed by atoms with Gasteiger partial charge in [-0.05, 0) is 20.8 Å². The van der Waals surface area contributed by atoms with E-state index in [0.717, 1.165) is 6.07 Å². The number of phenols is 1. The van der Waals surface area contributed by atoms with E-state index >= 15 is 0 Å². The van der Waals surface area contributed by atoms with Crippen molar-refractivity contribution in [2.45, 2.75) is 26.4 Å². The Bertz CT molecular complexity index is 651. The number of anilines is 1. The van der Waals surface area contributed by atoms with Crippen molar-refractivity contribution in [2.75, 3.05) is 31.1 Å². The fourth-order valence-corrected chi connectivity index (χ4v) is 2.39. The molecule has 0 bridgehead atoms. The van der Waals surface area contributed by atoms with Gasteiger partial charge in [-0.15, -0.1) is 0 Å². The Morgan fingerprint density at radius 2 is 1.88 bits per heavy atom. The van der Waals surface area contributed by atoms with Crippen molar-refractivity contribution >= 4 is 17.5 Å². The van der Waals surface area contributed by atoms with E-state index in [1.807, 2.05) is 0 Å². The lowest BCUT2D eigenvalue weighted by Crippen LogP contribution is -2.50. The van der Waals surface area contributed by atoms with Crippen LogP contribution in [0.25, 0.3) is 0 Å². The van der Waals surface area contributed by atoms with Crippen LogP contribution in [0.15, 0.2) is 12.1 Å². The summed E-state index contributed by atoms with van der Waals surface area (Å²) in [5.41, 5.74) is -1.20. The molecule has 1 aromatic carbocycles. The minimum absolute atomic E-state index is 0.0712. The molecule has 1 fully saturated rings. The van der Waals surface area contributed by atoms with Gasteiger partial charge in [0.05, 0.1) is 16.7 Å². The largest absolute Gasteiger partial charge is 0.502 e. The van der Waals surface area contributed by atoms with Crippen LogP contribution in [0.5, 0.6) is 5.75 Å². The zero-order valence-corrected chi connectivity index (χ0v) is 13.8. The van der Waals surface area contributed by atoms with Crippen LogP contribution >= 0.6 is 0 Å². The second-order valence-corrected chi connectivity index (χ2v) is 6.50. The zero-order chi connectivity index (χ0) is 18.1. The van der Waals surface area contributed by atoms with Gasteiger partial charge < -0.3 is 19.6 Å². The summed E-state index contributed by atoms with van der Waals surface area (Å²) in [6, 6.07) is 1.74. The van der Waals surface area contributed by atoms with Crippen LogP contribution in [0, 0.1) is 15.9 Å². The van der Waals surface area contributed by atoms with Crippen molar-refractivity contribution in [2.24, 2.45) is 0 Å². The Labute approximate surface area is 138 Å². The number of nitrogens with zero attached hydrogens (tertiary/aromatic N) is 3. The highest BCUT2D eigenvalue weighted by Gasteiger charge is 2.28. The van der Waals surface area contributed by atoms with Gasteiger partial charge in [0.2, 0.25) is 0 Å². The minimum Gasteiger partial charge on any atom is -0.502 e. The highest BCUT2D eigenvalue weighted by atomic mass is 19.1. The van der Waals surface area contributed by atoms with E-state index in [1.54, 1.807) is 25.7 Å². The van der Waals surface area contributed by atoms with Crippen molar-refractivity contribution in [3.05, 3.63) is 28.1 Å². The lowest BCUT2D eigenvalue weighted by atomic mass is 10.2. The molecule has 0 spiro atoms. The molecule has 0 atom stereocenters. The van der Waals surface area contributed by atoms with Gasteiger partial charge in [0.25, 0.3) is 0 Å². The molecule has 1 N–H and O–H groups in total. The average Bonchev–Trinajstić information content (AvgIpc) is 2.47. The number of phenolic OH excluding ortho intramolecular Hbond substituents is 1. The maximum absolute atomic E-state index is 14.1. The van der Waals surface area contributed by atoms with Crippen molar-refractivity contribution in [1.29, 1.82) is 0 Å². The number of amides is 1. The number of benzene rings is 1. The van der Waals surface area contributed by atoms with Crippen molar-refractivity contribution in [1.82, 2.24) is 4.90 Å². The third-order valence-corrected chi connectivity index (χ3v) is 3.51. The molecule has 8 nitrogen and oxygen atoms in total. The molecule has 1 aliphatic heterocycles. The molecule has 0 unspecified atom stereocenters. The number of ether oxygens (including phenoxy) is 1. The van der Waals surface area contributed by atoms with Gasteiger partial charge in [0, 0.05) is 32.2 Å². The third-order valence-electron chi connectivity index (χ3n) is 3.51. The number of rotatable bonds is 2. The Hall–Kier alpha value is -2.58. The summed E-state index contributed by atoms with van der Waals surface area (Å²) in [5.74, 6) is -1.38. The molecule has 1 saturated heterocycles. The predicted molar refractivity (Wildman–Crippen MR) is 84.7 cm³/mol. The van der Waals surface area contributed by atoms with Gasteiger partial charge in [0.1, 0.15) is 5.60 Å². The molecule has 24 heavy (non-hydrogen) atoms. The third kappa shape index (κ3) is 4.03. The van der Waals surface area contributed by atoms with Crippen LogP contribution in [0.4, 0.5) is 20.6 Å². The van der Waals surface area contributed by atoms with E-state index in [9.17, 15) is 24.4 Å². The molecule has 132 valence electrons. The van der Waals surface area contributed by atoms with Crippen LogP contribution in [0.2, 0.25) is 0 Å². The van der Waals surface area contributed by atoms with Gasteiger partial charge in [0.15, 0.2) is 11.6 Å². The number of carbonyl (C=O) groups excluding carboxylic acids is 1. The molecule has 1 aliphatic rings. The summed E-state index contributed by atoms with van der Waals surface area (Å²) in [5, 5.41) is 20.4. The maximum atomic E-state index is 14.1. The molecule has 0 aromatic heterocycles.